The fourth-order valence-electron chi connectivity index (χ4n) is 2.22. The van der Waals surface area contributed by atoms with E-state index in [1.54, 1.807) is 0 Å². The number of aliphatic hydroxyl groups excluding tert-OH is 1. The highest BCUT2D eigenvalue weighted by molar-refractivity contribution is 7.12. The van der Waals surface area contributed by atoms with Gasteiger partial charge in [0.05, 0.1) is 6.10 Å². The summed E-state index contributed by atoms with van der Waals surface area (Å²) in [5.74, 6) is 0.401. The van der Waals surface area contributed by atoms with Gasteiger partial charge in [0, 0.05) is 15.8 Å². The van der Waals surface area contributed by atoms with Crippen molar-refractivity contribution in [2.24, 2.45) is 5.73 Å². The molecule has 0 fully saturated rings. The van der Waals surface area contributed by atoms with E-state index in [4.69, 9.17) is 5.73 Å². The van der Waals surface area contributed by atoms with Gasteiger partial charge in [0.2, 0.25) is 0 Å². The van der Waals surface area contributed by atoms with Gasteiger partial charge in [-0.1, -0.05) is 33.6 Å². The van der Waals surface area contributed by atoms with Gasteiger partial charge in [-0.15, -0.1) is 11.3 Å². The summed E-state index contributed by atoms with van der Waals surface area (Å²) in [6.45, 7) is 6.49. The highest BCUT2D eigenvalue weighted by Crippen LogP contribution is 2.29. The van der Waals surface area contributed by atoms with E-state index in [9.17, 15) is 5.11 Å². The number of aliphatic hydroxyl groups is 1. The van der Waals surface area contributed by atoms with Gasteiger partial charge in [-0.2, -0.15) is 0 Å². The molecule has 2 nitrogen and oxygen atoms in total. The third-order valence-electron chi connectivity index (χ3n) is 3.38. The van der Waals surface area contributed by atoms with E-state index in [0.29, 0.717) is 5.92 Å². The fourth-order valence-corrected chi connectivity index (χ4v) is 3.40. The molecular formula is C15H27NOS. The predicted octanol–water partition coefficient (Wildman–Crippen LogP) is 3.68. The Hall–Kier alpha value is -0.380. The Kier molecular flexibility index (Phi) is 6.90. The molecule has 0 aromatic carbocycles. The van der Waals surface area contributed by atoms with Crippen molar-refractivity contribution in [3.8, 4) is 0 Å². The first-order valence-corrected chi connectivity index (χ1v) is 7.92. The Bertz CT molecular complexity index is 337. The van der Waals surface area contributed by atoms with Crippen LogP contribution in [0.15, 0.2) is 12.1 Å². The van der Waals surface area contributed by atoms with E-state index in [0.717, 1.165) is 25.7 Å². The van der Waals surface area contributed by atoms with Crippen LogP contribution in [0.2, 0.25) is 0 Å². The van der Waals surface area contributed by atoms with Gasteiger partial charge < -0.3 is 10.8 Å². The quantitative estimate of drug-likeness (QED) is 0.756. The smallest absolute Gasteiger partial charge is 0.0697 e. The Morgan fingerprint density at radius 3 is 2.61 bits per heavy atom. The minimum Gasteiger partial charge on any atom is -0.391 e. The predicted molar refractivity (Wildman–Crippen MR) is 80.2 cm³/mol. The zero-order valence-corrected chi connectivity index (χ0v) is 12.7. The van der Waals surface area contributed by atoms with Crippen molar-refractivity contribution < 1.29 is 5.11 Å². The minimum atomic E-state index is -0.378. The normalized spacial score (nSPS) is 16.5. The van der Waals surface area contributed by atoms with Crippen molar-refractivity contribution in [3.05, 3.63) is 21.9 Å². The lowest BCUT2D eigenvalue weighted by atomic mass is 9.95. The number of rotatable bonds is 8. The number of hydrogen-bond donors (Lipinski definition) is 2. The molecule has 1 aromatic heterocycles. The molecule has 0 bridgehead atoms. The molecule has 3 unspecified atom stereocenters. The van der Waals surface area contributed by atoms with Gasteiger partial charge in [0.1, 0.15) is 0 Å². The van der Waals surface area contributed by atoms with E-state index >= 15 is 0 Å². The topological polar surface area (TPSA) is 46.2 Å². The van der Waals surface area contributed by atoms with Gasteiger partial charge in [0.25, 0.3) is 0 Å². The minimum absolute atomic E-state index is 0.0764. The van der Waals surface area contributed by atoms with Crippen LogP contribution in [0.1, 0.15) is 62.1 Å². The molecule has 3 N–H and O–H groups in total. The molecule has 1 rings (SSSR count). The molecule has 104 valence electrons. The Labute approximate surface area is 115 Å². The van der Waals surface area contributed by atoms with Gasteiger partial charge in [-0.05, 0) is 37.3 Å². The lowest BCUT2D eigenvalue weighted by Crippen LogP contribution is -2.35. The largest absolute Gasteiger partial charge is 0.391 e. The second-order valence-corrected chi connectivity index (χ2v) is 6.41. The average Bonchev–Trinajstić information content (AvgIpc) is 2.78. The summed E-state index contributed by atoms with van der Waals surface area (Å²) in [6.07, 6.45) is 4.68. The SMILES string of the molecule is CCCc1ccc(C(C)CC(O)C(N)CCC)s1. The first kappa shape index (κ1) is 15.7. The second kappa shape index (κ2) is 7.93. The third-order valence-corrected chi connectivity index (χ3v) is 4.75. The number of hydrogen-bond acceptors (Lipinski definition) is 3. The van der Waals surface area contributed by atoms with Crippen molar-refractivity contribution in [1.29, 1.82) is 0 Å². The van der Waals surface area contributed by atoms with Gasteiger partial charge in [-0.25, -0.2) is 0 Å². The Morgan fingerprint density at radius 1 is 1.28 bits per heavy atom. The van der Waals surface area contributed by atoms with Crippen LogP contribution in [0, 0.1) is 0 Å². The van der Waals surface area contributed by atoms with E-state index in [1.807, 2.05) is 11.3 Å². The molecular weight excluding hydrogens is 242 g/mol. The monoisotopic (exact) mass is 269 g/mol. The van der Waals surface area contributed by atoms with E-state index in [1.165, 1.54) is 16.2 Å². The van der Waals surface area contributed by atoms with Crippen molar-refractivity contribution in [1.82, 2.24) is 0 Å². The van der Waals surface area contributed by atoms with Crippen LogP contribution >= 0.6 is 11.3 Å². The third kappa shape index (κ3) is 4.71. The molecule has 0 amide bonds. The van der Waals surface area contributed by atoms with Crippen LogP contribution in [0.5, 0.6) is 0 Å². The number of nitrogens with two attached hydrogens (primary N) is 1. The fraction of sp³-hybridized carbons (Fsp3) is 0.733. The van der Waals surface area contributed by atoms with Crippen molar-refractivity contribution in [2.45, 2.75) is 70.9 Å². The number of aryl methyl sites for hydroxylation is 1. The molecule has 3 atom stereocenters. The van der Waals surface area contributed by atoms with Crippen molar-refractivity contribution >= 4 is 11.3 Å². The summed E-state index contributed by atoms with van der Waals surface area (Å²) in [5, 5.41) is 10.1. The zero-order chi connectivity index (χ0) is 13.5. The molecule has 1 aromatic rings. The first-order chi connectivity index (χ1) is 8.58. The standard InChI is InChI=1S/C15H27NOS/c1-4-6-12-8-9-15(18-12)11(3)10-14(17)13(16)7-5-2/h8-9,11,13-14,17H,4-7,10,16H2,1-3H3. The molecule has 0 saturated carbocycles. The molecule has 0 spiro atoms. The molecule has 0 saturated heterocycles. The molecule has 0 aliphatic carbocycles. The second-order valence-electron chi connectivity index (χ2n) is 5.21. The van der Waals surface area contributed by atoms with Gasteiger partial charge >= 0.3 is 0 Å². The van der Waals surface area contributed by atoms with E-state index < -0.39 is 0 Å². The van der Waals surface area contributed by atoms with Crippen LogP contribution in [0.4, 0.5) is 0 Å². The summed E-state index contributed by atoms with van der Waals surface area (Å²) < 4.78 is 0. The van der Waals surface area contributed by atoms with Crippen LogP contribution < -0.4 is 5.73 Å². The maximum atomic E-state index is 10.1. The molecule has 0 aliphatic rings. The highest BCUT2D eigenvalue weighted by atomic mass is 32.1. The number of thiophene rings is 1. The van der Waals surface area contributed by atoms with Gasteiger partial charge in [0.15, 0.2) is 0 Å². The summed E-state index contributed by atoms with van der Waals surface area (Å²) in [4.78, 5) is 2.83. The van der Waals surface area contributed by atoms with E-state index in [2.05, 4.69) is 32.9 Å². The molecule has 1 heterocycles. The summed E-state index contributed by atoms with van der Waals surface area (Å²) in [6, 6.07) is 4.35. The highest BCUT2D eigenvalue weighted by Gasteiger charge is 2.19. The van der Waals surface area contributed by atoms with Gasteiger partial charge in [-0.3, -0.25) is 0 Å². The Balaban J connectivity index is 2.50. The Morgan fingerprint density at radius 2 is 2.00 bits per heavy atom. The van der Waals surface area contributed by atoms with Crippen LogP contribution in [0.3, 0.4) is 0 Å². The molecule has 0 radical (unpaired) electrons. The van der Waals surface area contributed by atoms with Crippen molar-refractivity contribution in [2.75, 3.05) is 0 Å². The average molecular weight is 269 g/mol. The van der Waals surface area contributed by atoms with E-state index in [-0.39, 0.29) is 12.1 Å². The lowest BCUT2D eigenvalue weighted by molar-refractivity contribution is 0.124. The molecule has 0 aliphatic heterocycles. The maximum Gasteiger partial charge on any atom is 0.0697 e. The molecule has 18 heavy (non-hydrogen) atoms. The zero-order valence-electron chi connectivity index (χ0n) is 11.9. The first-order valence-electron chi connectivity index (χ1n) is 7.10. The van der Waals surface area contributed by atoms with Crippen LogP contribution in [-0.2, 0) is 6.42 Å². The summed E-state index contributed by atoms with van der Waals surface area (Å²) in [7, 11) is 0. The summed E-state index contributed by atoms with van der Waals surface area (Å²) >= 11 is 1.88. The molecule has 3 heteroatoms. The van der Waals surface area contributed by atoms with Crippen LogP contribution in [0.25, 0.3) is 0 Å². The van der Waals surface area contributed by atoms with Crippen molar-refractivity contribution in [3.63, 3.8) is 0 Å². The lowest BCUT2D eigenvalue weighted by Gasteiger charge is -2.21. The maximum absolute atomic E-state index is 10.1. The van der Waals surface area contributed by atoms with Crippen LogP contribution in [-0.4, -0.2) is 17.3 Å². The summed E-state index contributed by atoms with van der Waals surface area (Å²) in [5.41, 5.74) is 5.96.